The molecule has 0 saturated heterocycles. The third kappa shape index (κ3) is 5.02. The van der Waals surface area contributed by atoms with E-state index in [1.165, 1.54) is 0 Å². The lowest BCUT2D eigenvalue weighted by Crippen LogP contribution is -2.23. The Bertz CT molecular complexity index is 1420. The van der Waals surface area contributed by atoms with Gasteiger partial charge in [-0.2, -0.15) is 9.97 Å². The van der Waals surface area contributed by atoms with Gasteiger partial charge in [-0.25, -0.2) is 19.9 Å². The molecular weight excluding hydrogens is 515 g/mol. The Hall–Kier alpha value is -3.36. The number of hydrogen-bond acceptors (Lipinski definition) is 13. The van der Waals surface area contributed by atoms with Crippen LogP contribution in [0.5, 0.6) is 0 Å². The van der Waals surface area contributed by atoms with Crippen LogP contribution in [0.4, 0.5) is 11.9 Å². The van der Waals surface area contributed by atoms with Gasteiger partial charge in [-0.1, -0.05) is 9.05 Å². The van der Waals surface area contributed by atoms with Gasteiger partial charge in [0.1, 0.15) is 11.0 Å². The zero-order valence-corrected chi connectivity index (χ0v) is 21.9. The average molecular weight is 544 g/mol. The van der Waals surface area contributed by atoms with Crippen LogP contribution in [-0.2, 0) is 36.2 Å². The van der Waals surface area contributed by atoms with E-state index in [0.29, 0.717) is 35.4 Å². The molecule has 4 N–H and O–H groups in total. The molecule has 0 bridgehead atoms. The number of nitrogen functional groups attached to an aromatic ring is 2. The second-order valence-electron chi connectivity index (χ2n) is 9.80. The average Bonchev–Trinajstić information content (AvgIpc) is 3.72. The number of anilines is 2. The van der Waals surface area contributed by atoms with Gasteiger partial charge in [0.25, 0.3) is 0 Å². The maximum absolute atomic E-state index is 12.2. The Morgan fingerprint density at radius 1 is 0.789 bits per heavy atom. The lowest BCUT2D eigenvalue weighted by Gasteiger charge is -2.16. The minimum Gasteiger partial charge on any atom is -0.368 e. The standard InChI is InChI=1S/C22H28N10O5P/c1-13-15-17(29-19(23)27-13)31(9-25-15)7-21(3-4-21)34-11-36-38(33)37-12-35-22(5-6-22)8-32-10-26-16-14(2)28-20(24)30-18(16)32/h9-10H,3-8,11-12H2,1-2H3,(H2,23,27,29)(H2,24,28,30)/q+1. The number of aromatic nitrogens is 8. The fourth-order valence-corrected chi connectivity index (χ4v) is 4.82. The molecule has 6 rings (SSSR count). The van der Waals surface area contributed by atoms with Crippen molar-refractivity contribution in [3.63, 3.8) is 0 Å². The number of nitrogens with two attached hydrogens (primary N) is 2. The first-order valence-electron chi connectivity index (χ1n) is 12.2. The summed E-state index contributed by atoms with van der Waals surface area (Å²) >= 11 is 0. The topological polar surface area (TPSA) is 193 Å². The Kier molecular flexibility index (Phi) is 6.19. The van der Waals surface area contributed by atoms with E-state index in [1.807, 2.05) is 23.0 Å². The molecule has 0 atom stereocenters. The third-order valence-corrected chi connectivity index (χ3v) is 7.52. The summed E-state index contributed by atoms with van der Waals surface area (Å²) in [6.45, 7) is 4.36. The second kappa shape index (κ2) is 9.43. The Morgan fingerprint density at radius 2 is 1.21 bits per heavy atom. The summed E-state index contributed by atoms with van der Waals surface area (Å²) in [6.07, 6.45) is 6.71. The Labute approximate surface area is 217 Å². The van der Waals surface area contributed by atoms with Gasteiger partial charge in [-0.3, -0.25) is 0 Å². The summed E-state index contributed by atoms with van der Waals surface area (Å²) in [5, 5.41) is 0. The zero-order valence-electron chi connectivity index (χ0n) is 21.0. The highest BCUT2D eigenvalue weighted by Crippen LogP contribution is 2.44. The lowest BCUT2D eigenvalue weighted by molar-refractivity contribution is -0.0808. The van der Waals surface area contributed by atoms with E-state index < -0.39 is 19.5 Å². The number of rotatable bonds is 12. The minimum absolute atomic E-state index is 0.176. The number of imidazole rings is 2. The van der Waals surface area contributed by atoms with Crippen molar-refractivity contribution in [1.82, 2.24) is 39.0 Å². The monoisotopic (exact) mass is 543 g/mol. The summed E-state index contributed by atoms with van der Waals surface area (Å²) in [6, 6.07) is 0. The molecule has 15 nitrogen and oxygen atoms in total. The SMILES string of the molecule is Cc1nc(N)nc2c1ncn2CC1(OCO[P+](=O)OCOC2(Cn3cnc4c(C)nc(N)nc43)CC2)CC1. The first-order valence-corrected chi connectivity index (χ1v) is 13.3. The predicted molar refractivity (Wildman–Crippen MR) is 135 cm³/mol. The number of aryl methyl sites for hydroxylation is 2. The summed E-state index contributed by atoms with van der Waals surface area (Å²) in [5.41, 5.74) is 14.9. The van der Waals surface area contributed by atoms with Crippen molar-refractivity contribution in [3.8, 4) is 0 Å². The highest BCUT2D eigenvalue weighted by molar-refractivity contribution is 7.33. The molecule has 4 aromatic rings. The molecular formula is C22H28N10O5P+. The molecule has 2 aliphatic rings. The summed E-state index contributed by atoms with van der Waals surface area (Å²) in [4.78, 5) is 25.7. The highest BCUT2D eigenvalue weighted by Gasteiger charge is 2.47. The summed E-state index contributed by atoms with van der Waals surface area (Å²) < 4.78 is 38.3. The van der Waals surface area contributed by atoms with Crippen LogP contribution in [-0.4, -0.2) is 63.8 Å². The van der Waals surface area contributed by atoms with Gasteiger partial charge >= 0.3 is 8.25 Å². The van der Waals surface area contributed by atoms with Crippen LogP contribution >= 0.6 is 8.25 Å². The molecule has 4 aromatic heterocycles. The van der Waals surface area contributed by atoms with Gasteiger partial charge in [0, 0.05) is 4.57 Å². The van der Waals surface area contributed by atoms with Gasteiger partial charge in [0.2, 0.25) is 25.5 Å². The molecule has 2 saturated carbocycles. The molecule has 4 heterocycles. The molecule has 2 aliphatic carbocycles. The number of fused-ring (bicyclic) bond motifs is 2. The zero-order chi connectivity index (χ0) is 26.5. The fraction of sp³-hybridized carbons (Fsp3) is 0.545. The minimum atomic E-state index is -2.42. The summed E-state index contributed by atoms with van der Waals surface area (Å²) in [7, 11) is -2.42. The van der Waals surface area contributed by atoms with Crippen molar-refractivity contribution in [2.75, 3.05) is 25.1 Å². The molecule has 0 unspecified atom stereocenters. The smallest absolute Gasteiger partial charge is 0.368 e. The number of ether oxygens (including phenoxy) is 2. The molecule has 0 amide bonds. The van der Waals surface area contributed by atoms with E-state index >= 15 is 0 Å². The van der Waals surface area contributed by atoms with Crippen LogP contribution in [0, 0.1) is 13.8 Å². The van der Waals surface area contributed by atoms with Crippen molar-refractivity contribution in [2.24, 2.45) is 0 Å². The second-order valence-corrected chi connectivity index (χ2v) is 10.8. The Morgan fingerprint density at radius 3 is 1.61 bits per heavy atom. The van der Waals surface area contributed by atoms with Gasteiger partial charge < -0.3 is 30.1 Å². The van der Waals surface area contributed by atoms with E-state index in [1.54, 1.807) is 12.7 Å². The lowest BCUT2D eigenvalue weighted by atomic mass is 10.3. The van der Waals surface area contributed by atoms with Crippen molar-refractivity contribution < 1.29 is 23.1 Å². The summed E-state index contributed by atoms with van der Waals surface area (Å²) in [5.74, 6) is 0.393. The molecule has 200 valence electrons. The molecule has 16 heteroatoms. The first-order chi connectivity index (χ1) is 18.2. The molecule has 0 aliphatic heterocycles. The quantitative estimate of drug-likeness (QED) is 0.195. The van der Waals surface area contributed by atoms with Crippen molar-refractivity contribution >= 4 is 42.5 Å². The highest BCUT2D eigenvalue weighted by atomic mass is 31.1. The van der Waals surface area contributed by atoms with Gasteiger partial charge in [-0.05, 0) is 39.5 Å². The largest absolute Gasteiger partial charge is 0.702 e. The van der Waals surface area contributed by atoms with Crippen LogP contribution in [0.2, 0.25) is 0 Å². The fourth-order valence-electron chi connectivity index (χ4n) is 4.47. The van der Waals surface area contributed by atoms with Crippen molar-refractivity contribution in [2.45, 2.75) is 63.8 Å². The molecule has 38 heavy (non-hydrogen) atoms. The molecule has 0 radical (unpaired) electrons. The van der Waals surface area contributed by atoms with Gasteiger partial charge in [0.15, 0.2) is 11.3 Å². The van der Waals surface area contributed by atoms with E-state index in [0.717, 1.165) is 37.1 Å². The van der Waals surface area contributed by atoms with E-state index in [4.69, 9.17) is 30.0 Å². The number of nitrogens with zero attached hydrogens (tertiary/aromatic N) is 8. The maximum Gasteiger partial charge on any atom is 0.702 e. The van der Waals surface area contributed by atoms with E-state index in [-0.39, 0.29) is 25.5 Å². The van der Waals surface area contributed by atoms with Crippen molar-refractivity contribution in [1.29, 1.82) is 0 Å². The first kappa shape index (κ1) is 24.9. The predicted octanol–water partition coefficient (Wildman–Crippen LogP) is 2.15. The van der Waals surface area contributed by atoms with Crippen LogP contribution in [0.15, 0.2) is 12.7 Å². The van der Waals surface area contributed by atoms with E-state index in [9.17, 15) is 4.57 Å². The number of hydrogen-bond donors (Lipinski definition) is 2. The Balaban J connectivity index is 0.964. The van der Waals surface area contributed by atoms with Crippen molar-refractivity contribution in [3.05, 3.63) is 24.0 Å². The van der Waals surface area contributed by atoms with Crippen LogP contribution < -0.4 is 11.5 Å². The van der Waals surface area contributed by atoms with Crippen LogP contribution in [0.25, 0.3) is 22.3 Å². The third-order valence-electron chi connectivity index (χ3n) is 6.89. The normalized spacial score (nSPS) is 17.3. The molecule has 0 aromatic carbocycles. The molecule has 0 spiro atoms. The molecule has 2 fully saturated rings. The van der Waals surface area contributed by atoms with Crippen LogP contribution in [0.1, 0.15) is 37.1 Å². The van der Waals surface area contributed by atoms with E-state index in [2.05, 4.69) is 29.9 Å². The van der Waals surface area contributed by atoms with Gasteiger partial charge in [-0.15, -0.1) is 0 Å². The maximum atomic E-state index is 12.2. The van der Waals surface area contributed by atoms with Crippen LogP contribution in [0.3, 0.4) is 0 Å². The van der Waals surface area contributed by atoms with Gasteiger partial charge in [0.05, 0.1) is 48.3 Å².